The average molecular weight is 373 g/mol. The van der Waals surface area contributed by atoms with E-state index in [4.69, 9.17) is 4.74 Å². The molecule has 1 amide bonds. The molecule has 4 rings (SSSR count). The van der Waals surface area contributed by atoms with Crippen LogP contribution in [-0.2, 0) is 11.3 Å². The maximum absolute atomic E-state index is 12.0. The van der Waals surface area contributed by atoms with Crippen LogP contribution in [0.5, 0.6) is 5.75 Å². The molecule has 0 saturated carbocycles. The van der Waals surface area contributed by atoms with E-state index in [1.807, 2.05) is 83.4 Å². The highest BCUT2D eigenvalue weighted by molar-refractivity contribution is 5.77. The van der Waals surface area contributed by atoms with Crippen LogP contribution < -0.4 is 15.4 Å². The molecule has 0 aliphatic heterocycles. The Morgan fingerprint density at radius 1 is 0.893 bits per heavy atom. The number of aromatic nitrogens is 3. The molecule has 0 unspecified atom stereocenters. The zero-order valence-electron chi connectivity index (χ0n) is 15.1. The third-order valence-corrected chi connectivity index (χ3v) is 4.11. The highest BCUT2D eigenvalue weighted by atomic mass is 16.5. The van der Waals surface area contributed by atoms with Crippen LogP contribution in [-0.4, -0.2) is 27.1 Å². The molecule has 0 saturated heterocycles. The van der Waals surface area contributed by atoms with Crippen LogP contribution in [0.4, 0.5) is 11.4 Å². The summed E-state index contributed by atoms with van der Waals surface area (Å²) in [5, 5.41) is 14.2. The van der Waals surface area contributed by atoms with Crippen LogP contribution in [0.1, 0.15) is 5.82 Å². The fraction of sp³-hybridized carbons (Fsp3) is 0.0952. The van der Waals surface area contributed by atoms with Gasteiger partial charge in [0.2, 0.25) is 0 Å². The molecule has 7 nitrogen and oxygen atoms in total. The second-order valence-corrected chi connectivity index (χ2v) is 6.13. The van der Waals surface area contributed by atoms with Gasteiger partial charge in [-0.05, 0) is 48.5 Å². The molecule has 2 aromatic carbocycles. The highest BCUT2D eigenvalue weighted by Crippen LogP contribution is 2.19. The summed E-state index contributed by atoms with van der Waals surface area (Å²) in [5.74, 6) is 1.07. The molecule has 2 aromatic heterocycles. The summed E-state index contributed by atoms with van der Waals surface area (Å²) < 4.78 is 7.38. The molecule has 140 valence electrons. The Kier molecular flexibility index (Phi) is 5.15. The third kappa shape index (κ3) is 4.27. The lowest BCUT2D eigenvalue weighted by Crippen LogP contribution is -2.29. The Morgan fingerprint density at radius 3 is 2.46 bits per heavy atom. The van der Waals surface area contributed by atoms with E-state index in [1.165, 1.54) is 0 Å². The summed E-state index contributed by atoms with van der Waals surface area (Å²) in [6.45, 7) is 0.218. The molecule has 0 radical (unpaired) electrons. The lowest BCUT2D eigenvalue weighted by atomic mass is 10.2. The largest absolute Gasteiger partial charge is 0.484 e. The van der Waals surface area contributed by atoms with Crippen LogP contribution >= 0.6 is 0 Å². The highest BCUT2D eigenvalue weighted by Gasteiger charge is 2.07. The second-order valence-electron chi connectivity index (χ2n) is 6.13. The van der Waals surface area contributed by atoms with Gasteiger partial charge in [-0.3, -0.25) is 9.20 Å². The first-order chi connectivity index (χ1) is 13.8. The van der Waals surface area contributed by atoms with Gasteiger partial charge in [0.05, 0.1) is 6.54 Å². The van der Waals surface area contributed by atoms with E-state index in [0.29, 0.717) is 11.6 Å². The van der Waals surface area contributed by atoms with Crippen molar-refractivity contribution in [2.75, 3.05) is 11.9 Å². The van der Waals surface area contributed by atoms with Crippen molar-refractivity contribution in [3.63, 3.8) is 0 Å². The number of hydrogen-bond acceptors (Lipinski definition) is 5. The molecular weight excluding hydrogens is 354 g/mol. The summed E-state index contributed by atoms with van der Waals surface area (Å²) in [6, 6.07) is 23.0. The summed E-state index contributed by atoms with van der Waals surface area (Å²) in [6.07, 6.45) is 1.86. The van der Waals surface area contributed by atoms with Crippen LogP contribution in [0.2, 0.25) is 0 Å². The monoisotopic (exact) mass is 373 g/mol. The smallest absolute Gasteiger partial charge is 0.258 e. The molecule has 2 N–H and O–H groups in total. The lowest BCUT2D eigenvalue weighted by Gasteiger charge is -2.09. The Morgan fingerprint density at radius 2 is 1.64 bits per heavy atom. The van der Waals surface area contributed by atoms with Gasteiger partial charge >= 0.3 is 0 Å². The summed E-state index contributed by atoms with van der Waals surface area (Å²) in [4.78, 5) is 12.0. The van der Waals surface area contributed by atoms with Crippen molar-refractivity contribution in [2.45, 2.75) is 6.54 Å². The predicted molar refractivity (Wildman–Crippen MR) is 106 cm³/mol. The van der Waals surface area contributed by atoms with Crippen molar-refractivity contribution >= 4 is 22.9 Å². The van der Waals surface area contributed by atoms with E-state index in [-0.39, 0.29) is 19.1 Å². The summed E-state index contributed by atoms with van der Waals surface area (Å²) >= 11 is 0. The van der Waals surface area contributed by atoms with Gasteiger partial charge in [0.15, 0.2) is 18.1 Å². The Bertz CT molecular complexity index is 1060. The number of pyridine rings is 1. The van der Waals surface area contributed by atoms with Gasteiger partial charge in [0.1, 0.15) is 5.75 Å². The maximum Gasteiger partial charge on any atom is 0.258 e. The fourth-order valence-electron chi connectivity index (χ4n) is 2.71. The number of rotatable bonds is 7. The number of ether oxygens (including phenoxy) is 1. The van der Waals surface area contributed by atoms with Crippen molar-refractivity contribution < 1.29 is 9.53 Å². The van der Waals surface area contributed by atoms with E-state index in [9.17, 15) is 4.79 Å². The zero-order valence-corrected chi connectivity index (χ0v) is 15.1. The van der Waals surface area contributed by atoms with Crippen molar-refractivity contribution in [3.05, 3.63) is 84.8 Å². The Balaban J connectivity index is 1.26. The number of fused-ring (bicyclic) bond motifs is 1. The van der Waals surface area contributed by atoms with Crippen molar-refractivity contribution in [1.82, 2.24) is 19.9 Å². The number of benzene rings is 2. The van der Waals surface area contributed by atoms with E-state index in [2.05, 4.69) is 20.8 Å². The lowest BCUT2D eigenvalue weighted by molar-refractivity contribution is -0.123. The molecule has 0 fully saturated rings. The van der Waals surface area contributed by atoms with E-state index < -0.39 is 0 Å². The van der Waals surface area contributed by atoms with Crippen LogP contribution in [0.25, 0.3) is 5.65 Å². The molecular formula is C21H19N5O2. The molecule has 0 bridgehead atoms. The minimum Gasteiger partial charge on any atom is -0.484 e. The number of nitrogens with one attached hydrogen (secondary N) is 2. The first-order valence-corrected chi connectivity index (χ1v) is 8.88. The van der Waals surface area contributed by atoms with Gasteiger partial charge in [-0.2, -0.15) is 0 Å². The number of amides is 1. The van der Waals surface area contributed by atoms with E-state index in [0.717, 1.165) is 17.0 Å². The van der Waals surface area contributed by atoms with Crippen molar-refractivity contribution in [3.8, 4) is 5.75 Å². The fourth-order valence-corrected chi connectivity index (χ4v) is 2.71. The quantitative estimate of drug-likeness (QED) is 0.520. The van der Waals surface area contributed by atoms with Crippen molar-refractivity contribution in [1.29, 1.82) is 0 Å². The van der Waals surface area contributed by atoms with Gasteiger partial charge in [-0.25, -0.2) is 0 Å². The molecule has 0 aliphatic rings. The van der Waals surface area contributed by atoms with Gasteiger partial charge < -0.3 is 15.4 Å². The summed E-state index contributed by atoms with van der Waals surface area (Å²) in [5.41, 5.74) is 2.70. The molecule has 0 aliphatic carbocycles. The molecule has 2 heterocycles. The van der Waals surface area contributed by atoms with Gasteiger partial charge in [0.25, 0.3) is 5.91 Å². The SMILES string of the molecule is O=C(COc1ccc(Nc2ccccc2)cc1)NCc1nnc2ccccn12. The van der Waals surface area contributed by atoms with E-state index in [1.54, 1.807) is 0 Å². The number of para-hydroxylation sites is 1. The number of nitrogens with zero attached hydrogens (tertiary/aromatic N) is 3. The minimum absolute atomic E-state index is 0.0673. The topological polar surface area (TPSA) is 80.5 Å². The number of hydrogen-bond donors (Lipinski definition) is 2. The second kappa shape index (κ2) is 8.22. The molecule has 0 atom stereocenters. The maximum atomic E-state index is 12.0. The first-order valence-electron chi connectivity index (χ1n) is 8.88. The zero-order chi connectivity index (χ0) is 19.2. The molecule has 28 heavy (non-hydrogen) atoms. The normalized spacial score (nSPS) is 10.6. The van der Waals surface area contributed by atoms with Crippen LogP contribution in [0.15, 0.2) is 79.0 Å². The van der Waals surface area contributed by atoms with Gasteiger partial charge in [0, 0.05) is 17.6 Å². The molecule has 4 aromatic rings. The Hall–Kier alpha value is -3.87. The van der Waals surface area contributed by atoms with Crippen molar-refractivity contribution in [2.24, 2.45) is 0 Å². The van der Waals surface area contributed by atoms with Crippen LogP contribution in [0, 0.1) is 0 Å². The molecule has 0 spiro atoms. The summed E-state index contributed by atoms with van der Waals surface area (Å²) in [7, 11) is 0. The first kappa shape index (κ1) is 17.5. The predicted octanol–water partition coefficient (Wildman–Crippen LogP) is 3.17. The Labute approximate surface area is 162 Å². The third-order valence-electron chi connectivity index (χ3n) is 4.11. The van der Waals surface area contributed by atoms with Gasteiger partial charge in [-0.1, -0.05) is 24.3 Å². The van der Waals surface area contributed by atoms with Gasteiger partial charge in [-0.15, -0.1) is 10.2 Å². The number of anilines is 2. The van der Waals surface area contributed by atoms with E-state index >= 15 is 0 Å². The standard InChI is InChI=1S/C21H19N5O2/c27-21(22-14-20-25-24-19-8-4-5-13-26(19)20)15-28-18-11-9-17(10-12-18)23-16-6-2-1-3-7-16/h1-13,23H,14-15H2,(H,22,27). The average Bonchev–Trinajstić information content (AvgIpc) is 3.16. The molecule has 7 heteroatoms. The van der Waals surface area contributed by atoms with Crippen LogP contribution in [0.3, 0.4) is 0 Å². The minimum atomic E-state index is -0.223. The number of carbonyl (C=O) groups excluding carboxylic acids is 1. The number of carbonyl (C=O) groups is 1.